The summed E-state index contributed by atoms with van der Waals surface area (Å²) in [5, 5.41) is 8.03. The first-order valence-corrected chi connectivity index (χ1v) is 9.62. The van der Waals surface area contributed by atoms with Crippen molar-refractivity contribution in [1.82, 2.24) is 10.2 Å². The largest absolute Gasteiger partial charge is 0.353 e. The van der Waals surface area contributed by atoms with E-state index in [1.165, 1.54) is 6.42 Å². The third-order valence-electron chi connectivity index (χ3n) is 4.34. The molecule has 1 atom stereocenters. The summed E-state index contributed by atoms with van der Waals surface area (Å²) in [4.78, 5) is 25.3. The van der Waals surface area contributed by atoms with Crippen LogP contribution < -0.4 is 10.5 Å². The number of hydrogen-bond acceptors (Lipinski definition) is 4. The van der Waals surface area contributed by atoms with Crippen molar-refractivity contribution in [3.63, 3.8) is 0 Å². The van der Waals surface area contributed by atoms with Gasteiger partial charge in [0, 0.05) is 37.9 Å². The summed E-state index contributed by atoms with van der Waals surface area (Å²) in [6, 6.07) is 0.269. The Morgan fingerprint density at radius 2 is 1.95 bits per heavy atom. The molecular formula is C14H25N3O4S. The van der Waals surface area contributed by atoms with Crippen LogP contribution in [0.1, 0.15) is 44.9 Å². The molecule has 2 fully saturated rings. The second kappa shape index (κ2) is 7.41. The van der Waals surface area contributed by atoms with Gasteiger partial charge in [0.15, 0.2) is 0 Å². The van der Waals surface area contributed by atoms with E-state index < -0.39 is 10.0 Å². The lowest BCUT2D eigenvalue weighted by Gasteiger charge is -2.23. The molecule has 2 rings (SSSR count). The number of likely N-dealkylation sites (tertiary alicyclic amines) is 1. The predicted octanol–water partition coefficient (Wildman–Crippen LogP) is -0.0376. The Morgan fingerprint density at radius 1 is 1.27 bits per heavy atom. The van der Waals surface area contributed by atoms with Crippen LogP contribution in [0.25, 0.3) is 0 Å². The molecule has 1 heterocycles. The molecule has 0 spiro atoms. The highest BCUT2D eigenvalue weighted by molar-refractivity contribution is 7.89. The minimum atomic E-state index is -3.56. The van der Waals surface area contributed by atoms with E-state index in [9.17, 15) is 18.0 Å². The molecule has 0 bridgehead atoms. The van der Waals surface area contributed by atoms with Crippen LogP contribution in [-0.4, -0.2) is 50.0 Å². The van der Waals surface area contributed by atoms with Crippen LogP contribution >= 0.6 is 0 Å². The normalized spacial score (nSPS) is 23.8. The molecule has 1 aliphatic carbocycles. The van der Waals surface area contributed by atoms with Crippen molar-refractivity contribution in [1.29, 1.82) is 0 Å². The highest BCUT2D eigenvalue weighted by atomic mass is 32.2. The van der Waals surface area contributed by atoms with Gasteiger partial charge in [0.1, 0.15) is 0 Å². The van der Waals surface area contributed by atoms with E-state index >= 15 is 0 Å². The van der Waals surface area contributed by atoms with E-state index in [4.69, 9.17) is 5.14 Å². The Morgan fingerprint density at radius 3 is 2.59 bits per heavy atom. The molecule has 0 radical (unpaired) electrons. The number of hydrogen-bond donors (Lipinski definition) is 2. The van der Waals surface area contributed by atoms with Crippen LogP contribution in [0.4, 0.5) is 0 Å². The van der Waals surface area contributed by atoms with Crippen molar-refractivity contribution in [2.24, 2.45) is 11.1 Å². The van der Waals surface area contributed by atoms with Crippen LogP contribution in [0, 0.1) is 5.92 Å². The van der Waals surface area contributed by atoms with E-state index in [1.807, 2.05) is 0 Å². The van der Waals surface area contributed by atoms with E-state index in [0.717, 1.165) is 25.7 Å². The fourth-order valence-electron chi connectivity index (χ4n) is 3.29. The quantitative estimate of drug-likeness (QED) is 0.711. The second-order valence-corrected chi connectivity index (χ2v) is 8.05. The molecular weight excluding hydrogens is 306 g/mol. The standard InChI is InChI=1S/C14H25N3O4S/c15-22(20,21)10-11-8-14(19)17(9-11)7-6-13(18)16-12-4-2-1-3-5-12/h11-12H,1-10H2,(H,16,18)(H2,15,20,21). The maximum absolute atomic E-state index is 11.9. The molecule has 8 heteroatoms. The van der Waals surface area contributed by atoms with Crippen molar-refractivity contribution >= 4 is 21.8 Å². The minimum Gasteiger partial charge on any atom is -0.353 e. The highest BCUT2D eigenvalue weighted by Gasteiger charge is 2.32. The first-order valence-electron chi connectivity index (χ1n) is 7.91. The van der Waals surface area contributed by atoms with Gasteiger partial charge in [-0.1, -0.05) is 19.3 Å². The fourth-order valence-corrected chi connectivity index (χ4v) is 4.17. The zero-order chi connectivity index (χ0) is 16.2. The van der Waals surface area contributed by atoms with Gasteiger partial charge in [0.05, 0.1) is 5.75 Å². The summed E-state index contributed by atoms with van der Waals surface area (Å²) in [6.07, 6.45) is 6.08. The van der Waals surface area contributed by atoms with Crippen molar-refractivity contribution in [2.45, 2.75) is 51.0 Å². The molecule has 3 N–H and O–H groups in total. The van der Waals surface area contributed by atoms with Crippen molar-refractivity contribution in [3.05, 3.63) is 0 Å². The third kappa shape index (κ3) is 5.57. The van der Waals surface area contributed by atoms with Crippen molar-refractivity contribution in [3.8, 4) is 0 Å². The summed E-state index contributed by atoms with van der Waals surface area (Å²) in [6.45, 7) is 0.713. The average Bonchev–Trinajstić information content (AvgIpc) is 2.75. The first-order chi connectivity index (χ1) is 10.3. The van der Waals surface area contributed by atoms with E-state index in [-0.39, 0.29) is 42.4 Å². The van der Waals surface area contributed by atoms with Crippen LogP contribution in [0.2, 0.25) is 0 Å². The van der Waals surface area contributed by atoms with Crippen LogP contribution in [0.3, 0.4) is 0 Å². The topological polar surface area (TPSA) is 110 Å². The zero-order valence-electron chi connectivity index (χ0n) is 12.8. The van der Waals surface area contributed by atoms with Crippen LogP contribution in [-0.2, 0) is 19.6 Å². The lowest BCUT2D eigenvalue weighted by atomic mass is 9.95. The molecule has 2 aliphatic rings. The minimum absolute atomic E-state index is 0.0328. The number of nitrogens with two attached hydrogens (primary N) is 1. The number of carbonyl (C=O) groups excluding carboxylic acids is 2. The monoisotopic (exact) mass is 331 g/mol. The number of nitrogens with one attached hydrogen (secondary N) is 1. The molecule has 126 valence electrons. The number of rotatable bonds is 6. The van der Waals surface area contributed by atoms with Gasteiger partial charge < -0.3 is 10.2 Å². The molecule has 2 amide bonds. The van der Waals surface area contributed by atoms with Crippen molar-refractivity contribution < 1.29 is 18.0 Å². The Kier molecular flexibility index (Phi) is 5.80. The maximum atomic E-state index is 11.9. The Balaban J connectivity index is 1.72. The molecule has 1 saturated carbocycles. The average molecular weight is 331 g/mol. The van der Waals surface area contributed by atoms with E-state index in [0.29, 0.717) is 13.1 Å². The lowest BCUT2D eigenvalue weighted by Crippen LogP contribution is -2.38. The van der Waals surface area contributed by atoms with Gasteiger partial charge in [-0.05, 0) is 12.8 Å². The Bertz CT molecular complexity index is 514. The van der Waals surface area contributed by atoms with Gasteiger partial charge >= 0.3 is 0 Å². The second-order valence-electron chi connectivity index (χ2n) is 6.39. The molecule has 1 saturated heterocycles. The summed E-state index contributed by atoms with van der Waals surface area (Å²) in [7, 11) is -3.56. The number of carbonyl (C=O) groups is 2. The van der Waals surface area contributed by atoms with Gasteiger partial charge in [-0.2, -0.15) is 0 Å². The Hall–Kier alpha value is -1.15. The predicted molar refractivity (Wildman–Crippen MR) is 82.3 cm³/mol. The molecule has 0 aromatic carbocycles. The molecule has 7 nitrogen and oxygen atoms in total. The fraction of sp³-hybridized carbons (Fsp3) is 0.857. The van der Waals surface area contributed by atoms with Crippen LogP contribution in [0.5, 0.6) is 0 Å². The molecule has 1 aliphatic heterocycles. The van der Waals surface area contributed by atoms with E-state index in [1.54, 1.807) is 4.90 Å². The Labute approximate surface area is 131 Å². The number of primary sulfonamides is 1. The maximum Gasteiger partial charge on any atom is 0.222 e. The third-order valence-corrected chi connectivity index (χ3v) is 5.28. The van der Waals surface area contributed by atoms with Gasteiger partial charge in [0.2, 0.25) is 21.8 Å². The highest BCUT2D eigenvalue weighted by Crippen LogP contribution is 2.20. The van der Waals surface area contributed by atoms with Gasteiger partial charge in [-0.3, -0.25) is 9.59 Å². The summed E-state index contributed by atoms with van der Waals surface area (Å²) >= 11 is 0. The van der Waals surface area contributed by atoms with Gasteiger partial charge in [0.25, 0.3) is 0 Å². The lowest BCUT2D eigenvalue weighted by molar-refractivity contribution is -0.128. The van der Waals surface area contributed by atoms with Gasteiger partial charge in [-0.15, -0.1) is 0 Å². The van der Waals surface area contributed by atoms with E-state index in [2.05, 4.69) is 5.32 Å². The summed E-state index contributed by atoms with van der Waals surface area (Å²) in [5.74, 6) is -0.568. The number of sulfonamides is 1. The molecule has 0 aromatic heterocycles. The zero-order valence-corrected chi connectivity index (χ0v) is 13.6. The smallest absolute Gasteiger partial charge is 0.222 e. The summed E-state index contributed by atoms with van der Waals surface area (Å²) < 4.78 is 22.1. The molecule has 1 unspecified atom stereocenters. The van der Waals surface area contributed by atoms with Crippen LogP contribution in [0.15, 0.2) is 0 Å². The molecule has 0 aromatic rings. The number of amides is 2. The number of nitrogens with zero attached hydrogens (tertiary/aromatic N) is 1. The molecule has 22 heavy (non-hydrogen) atoms. The van der Waals surface area contributed by atoms with Crippen molar-refractivity contribution in [2.75, 3.05) is 18.8 Å². The first kappa shape index (κ1) is 17.2. The van der Waals surface area contributed by atoms with Gasteiger partial charge in [-0.25, -0.2) is 13.6 Å². The summed E-state index contributed by atoms with van der Waals surface area (Å²) in [5.41, 5.74) is 0. The SMILES string of the molecule is NS(=O)(=O)CC1CC(=O)N(CCC(=O)NC2CCCCC2)C1.